The quantitative estimate of drug-likeness (QED) is 0.468. The summed E-state index contributed by atoms with van der Waals surface area (Å²) < 4.78 is 0.823. The van der Waals surface area contributed by atoms with Gasteiger partial charge in [-0.3, -0.25) is 10.1 Å². The lowest BCUT2D eigenvalue weighted by molar-refractivity contribution is -0.384. The molecule has 0 spiro atoms. The summed E-state index contributed by atoms with van der Waals surface area (Å²) in [6.45, 7) is 6.17. The minimum absolute atomic E-state index is 0.0312. The molecule has 0 aliphatic heterocycles. The maximum absolute atomic E-state index is 11.1. The number of nitrogens with one attached hydrogen (secondary N) is 1. The van der Waals surface area contributed by atoms with E-state index in [2.05, 4.69) is 5.32 Å². The Morgan fingerprint density at radius 1 is 1.47 bits per heavy atom. The Bertz CT molecular complexity index is 458. The molecule has 106 valence electrons. The summed E-state index contributed by atoms with van der Waals surface area (Å²) >= 11 is 2.05. The zero-order valence-electron chi connectivity index (χ0n) is 11.3. The van der Waals surface area contributed by atoms with Gasteiger partial charge in [0.25, 0.3) is 5.69 Å². The van der Waals surface area contributed by atoms with Crippen molar-refractivity contribution in [3.63, 3.8) is 0 Å². The molecule has 2 N–H and O–H groups in total. The largest absolute Gasteiger partial charge is 0.396 e. The molecule has 1 aromatic carbocycles. The number of halogens is 1. The van der Waals surface area contributed by atoms with Crippen molar-refractivity contribution in [2.24, 2.45) is 5.41 Å². The number of hydrogen-bond donors (Lipinski definition) is 2. The van der Waals surface area contributed by atoms with Gasteiger partial charge in [0.2, 0.25) is 0 Å². The van der Waals surface area contributed by atoms with Gasteiger partial charge in [0.1, 0.15) is 5.69 Å². The van der Waals surface area contributed by atoms with E-state index in [4.69, 9.17) is 5.11 Å². The van der Waals surface area contributed by atoms with Gasteiger partial charge >= 0.3 is 0 Å². The van der Waals surface area contributed by atoms with Crippen molar-refractivity contribution in [3.05, 3.63) is 31.9 Å². The second-order valence-electron chi connectivity index (χ2n) is 5.49. The molecule has 1 aromatic rings. The molecule has 19 heavy (non-hydrogen) atoms. The average Bonchev–Trinajstić information content (AvgIpc) is 2.29. The summed E-state index contributed by atoms with van der Waals surface area (Å²) in [6.07, 6.45) is 0.548. The van der Waals surface area contributed by atoms with E-state index in [9.17, 15) is 10.1 Å². The van der Waals surface area contributed by atoms with E-state index >= 15 is 0 Å². The standard InChI is InChI=1S/C13H19IN2O3/c1-13(2,3)12(6-7-17)15-10-5-4-9(14)8-11(10)16(18)19/h4-5,8,12,15,17H,6-7H2,1-3H3. The minimum Gasteiger partial charge on any atom is -0.396 e. The molecular formula is C13H19IN2O3. The predicted molar refractivity (Wildman–Crippen MR) is 84.4 cm³/mol. The molecule has 0 fully saturated rings. The highest BCUT2D eigenvalue weighted by Gasteiger charge is 2.26. The van der Waals surface area contributed by atoms with Crippen molar-refractivity contribution >= 4 is 34.0 Å². The summed E-state index contributed by atoms with van der Waals surface area (Å²) in [5.41, 5.74) is 0.470. The molecule has 1 unspecified atom stereocenters. The van der Waals surface area contributed by atoms with E-state index in [1.54, 1.807) is 12.1 Å². The maximum atomic E-state index is 11.1. The number of aliphatic hydroxyl groups excluding tert-OH is 1. The molecule has 0 heterocycles. The van der Waals surface area contributed by atoms with Gasteiger partial charge in [-0.05, 0) is 46.6 Å². The van der Waals surface area contributed by atoms with E-state index in [-0.39, 0.29) is 28.7 Å². The molecule has 5 nitrogen and oxygen atoms in total. The van der Waals surface area contributed by atoms with E-state index in [0.29, 0.717) is 12.1 Å². The highest BCUT2D eigenvalue weighted by Crippen LogP contribution is 2.31. The molecular weight excluding hydrogens is 359 g/mol. The Morgan fingerprint density at radius 2 is 2.11 bits per heavy atom. The van der Waals surface area contributed by atoms with E-state index in [1.807, 2.05) is 49.4 Å². The highest BCUT2D eigenvalue weighted by molar-refractivity contribution is 14.1. The first-order chi connectivity index (χ1) is 8.75. The van der Waals surface area contributed by atoms with Gasteiger partial charge in [-0.2, -0.15) is 0 Å². The normalized spacial score (nSPS) is 13.1. The van der Waals surface area contributed by atoms with Crippen molar-refractivity contribution in [2.75, 3.05) is 11.9 Å². The number of anilines is 1. The Hall–Kier alpha value is -0.890. The topological polar surface area (TPSA) is 75.4 Å². The van der Waals surface area contributed by atoms with Gasteiger partial charge in [-0.15, -0.1) is 0 Å². The first-order valence-corrected chi connectivity index (χ1v) is 7.15. The Kier molecular flexibility index (Phi) is 5.54. The van der Waals surface area contributed by atoms with Crippen LogP contribution in [0.2, 0.25) is 0 Å². The van der Waals surface area contributed by atoms with Crippen molar-refractivity contribution in [2.45, 2.75) is 33.2 Å². The third-order valence-corrected chi connectivity index (χ3v) is 3.62. The molecule has 0 bridgehead atoms. The number of aliphatic hydroxyl groups is 1. The Labute approximate surface area is 126 Å². The molecule has 0 saturated carbocycles. The number of nitro groups is 1. The SMILES string of the molecule is CC(C)(C)C(CCO)Nc1ccc(I)cc1[N+](=O)[O-]. The molecule has 1 rings (SSSR count). The number of nitrogens with zero attached hydrogens (tertiary/aromatic N) is 1. The van der Waals surface area contributed by atoms with E-state index in [1.165, 1.54) is 0 Å². The van der Waals surface area contributed by atoms with Crippen LogP contribution >= 0.6 is 22.6 Å². The van der Waals surface area contributed by atoms with Crippen LogP contribution in [-0.4, -0.2) is 22.7 Å². The fourth-order valence-corrected chi connectivity index (χ4v) is 2.29. The monoisotopic (exact) mass is 378 g/mol. The van der Waals surface area contributed by atoms with Gasteiger partial charge in [-0.25, -0.2) is 0 Å². The van der Waals surface area contributed by atoms with Gasteiger partial charge in [-0.1, -0.05) is 20.8 Å². The van der Waals surface area contributed by atoms with Crippen LogP contribution in [0.25, 0.3) is 0 Å². The van der Waals surface area contributed by atoms with Crippen LogP contribution in [0, 0.1) is 19.1 Å². The molecule has 1 atom stereocenters. The van der Waals surface area contributed by atoms with Crippen LogP contribution in [0.4, 0.5) is 11.4 Å². The minimum atomic E-state index is -0.386. The molecule has 6 heteroatoms. The fraction of sp³-hybridized carbons (Fsp3) is 0.538. The van der Waals surface area contributed by atoms with Crippen molar-refractivity contribution in [3.8, 4) is 0 Å². The summed E-state index contributed by atoms with van der Waals surface area (Å²) in [6, 6.07) is 5.06. The van der Waals surface area contributed by atoms with Gasteiger partial charge in [0.05, 0.1) is 4.92 Å². The first kappa shape index (κ1) is 16.2. The number of rotatable bonds is 5. The number of nitro benzene ring substituents is 1. The zero-order chi connectivity index (χ0) is 14.6. The van der Waals surface area contributed by atoms with Gasteiger partial charge < -0.3 is 10.4 Å². The smallest absolute Gasteiger partial charge is 0.293 e. The molecule has 0 amide bonds. The lowest BCUT2D eigenvalue weighted by Crippen LogP contribution is -2.35. The third-order valence-electron chi connectivity index (χ3n) is 2.95. The van der Waals surface area contributed by atoms with Crippen LogP contribution in [0.15, 0.2) is 18.2 Å². The lowest BCUT2D eigenvalue weighted by atomic mass is 9.84. The van der Waals surface area contributed by atoms with Crippen molar-refractivity contribution in [1.82, 2.24) is 0 Å². The Morgan fingerprint density at radius 3 is 2.58 bits per heavy atom. The summed E-state index contributed by atoms with van der Waals surface area (Å²) in [7, 11) is 0. The van der Waals surface area contributed by atoms with Crippen LogP contribution in [-0.2, 0) is 0 Å². The van der Waals surface area contributed by atoms with Crippen molar-refractivity contribution < 1.29 is 10.0 Å². The number of benzene rings is 1. The highest BCUT2D eigenvalue weighted by atomic mass is 127. The van der Waals surface area contributed by atoms with Gasteiger partial charge in [0.15, 0.2) is 0 Å². The van der Waals surface area contributed by atoms with Gasteiger partial charge in [0, 0.05) is 22.3 Å². The zero-order valence-corrected chi connectivity index (χ0v) is 13.5. The second-order valence-corrected chi connectivity index (χ2v) is 6.74. The molecule has 0 aliphatic rings. The van der Waals surface area contributed by atoms with Crippen LogP contribution < -0.4 is 5.32 Å². The van der Waals surface area contributed by atoms with Crippen molar-refractivity contribution in [1.29, 1.82) is 0 Å². The summed E-state index contributed by atoms with van der Waals surface area (Å²) in [5.74, 6) is 0. The second kappa shape index (κ2) is 6.51. The van der Waals surface area contributed by atoms with E-state index < -0.39 is 0 Å². The van der Waals surface area contributed by atoms with Crippen LogP contribution in [0.1, 0.15) is 27.2 Å². The average molecular weight is 378 g/mol. The number of hydrogen-bond acceptors (Lipinski definition) is 4. The first-order valence-electron chi connectivity index (χ1n) is 6.07. The summed E-state index contributed by atoms with van der Waals surface area (Å²) in [5, 5.41) is 23.4. The molecule has 0 saturated heterocycles. The molecule has 0 aromatic heterocycles. The van der Waals surface area contributed by atoms with E-state index in [0.717, 1.165) is 3.57 Å². The maximum Gasteiger partial charge on any atom is 0.293 e. The molecule has 0 aliphatic carbocycles. The van der Waals surface area contributed by atoms with Crippen LogP contribution in [0.5, 0.6) is 0 Å². The lowest BCUT2D eigenvalue weighted by Gasteiger charge is -2.31. The predicted octanol–water partition coefficient (Wildman–Crippen LogP) is 3.41. The fourth-order valence-electron chi connectivity index (χ4n) is 1.82. The summed E-state index contributed by atoms with van der Waals surface area (Å²) in [4.78, 5) is 10.7. The molecule has 0 radical (unpaired) electrons. The third kappa shape index (κ3) is 4.61. The van der Waals surface area contributed by atoms with Crippen LogP contribution in [0.3, 0.4) is 0 Å². The Balaban J connectivity index is 3.06.